The first-order chi connectivity index (χ1) is 51.6. The van der Waals surface area contributed by atoms with Crippen LogP contribution in [-0.2, 0) is 77.2 Å². The van der Waals surface area contributed by atoms with Crippen molar-refractivity contribution in [3.8, 4) is 6.07 Å². The fourth-order valence-electron chi connectivity index (χ4n) is 11.5. The van der Waals surface area contributed by atoms with E-state index in [2.05, 4.69) is 46.5 Å². The molecule has 0 spiro atoms. The summed E-state index contributed by atoms with van der Waals surface area (Å²) in [5, 5.41) is 20.6. The number of benzene rings is 4. The topological polar surface area (TPSA) is 266 Å². The Balaban J connectivity index is 0.000000205. The van der Waals surface area contributed by atoms with Crippen molar-refractivity contribution >= 4 is 176 Å². The number of carbonyl (C=O) groups excluding carboxylic acids is 8. The fraction of sp³-hybridized carbons (Fsp3) is 0.423. The van der Waals surface area contributed by atoms with E-state index in [-0.39, 0.29) is 53.1 Å². The lowest BCUT2D eigenvalue weighted by atomic mass is 9.97. The summed E-state index contributed by atoms with van der Waals surface area (Å²) in [5.41, 5.74) is 12.8. The van der Waals surface area contributed by atoms with Crippen LogP contribution in [0.25, 0.3) is 0 Å². The molecule has 3 saturated heterocycles. The van der Waals surface area contributed by atoms with Gasteiger partial charge in [0.2, 0.25) is 17.1 Å². The van der Waals surface area contributed by atoms with Crippen LogP contribution in [0.5, 0.6) is 0 Å². The molecule has 19 nitrogen and oxygen atoms in total. The van der Waals surface area contributed by atoms with Crippen LogP contribution in [0.15, 0.2) is 97.1 Å². The summed E-state index contributed by atoms with van der Waals surface area (Å²) < 4.78 is 21.3. The summed E-state index contributed by atoms with van der Waals surface area (Å²) in [4.78, 5) is 102. The van der Waals surface area contributed by atoms with Crippen molar-refractivity contribution in [3.63, 3.8) is 0 Å². The predicted molar refractivity (Wildman–Crippen MR) is 433 cm³/mol. The van der Waals surface area contributed by atoms with Gasteiger partial charge in [-0.25, -0.2) is 0 Å². The van der Waals surface area contributed by atoms with E-state index in [4.69, 9.17) is 111 Å². The number of carbonyl (C=O) groups is 8. The fourth-order valence-corrected chi connectivity index (χ4v) is 15.8. The molecule has 3 fully saturated rings. The van der Waals surface area contributed by atoms with Gasteiger partial charge < -0.3 is 45.5 Å². The Labute approximate surface area is 673 Å². The molecule has 0 saturated carbocycles. The number of thiophene rings is 3. The number of Topliss-reactive ketones (excluding diaryl/α,β-unsaturated/α-hetero) is 2. The average Bonchev–Trinajstić information content (AvgIpc) is 1.66. The maximum absolute atomic E-state index is 13.3. The number of piperidine rings is 2. The van der Waals surface area contributed by atoms with Crippen molar-refractivity contribution < 1.29 is 57.3 Å². The lowest BCUT2D eigenvalue weighted by molar-refractivity contribution is -0.124. The molecule has 6 aliphatic rings. The number of rotatable bonds is 17. The van der Waals surface area contributed by atoms with Gasteiger partial charge in [-0.3, -0.25) is 43.3 Å². The van der Waals surface area contributed by atoms with Crippen molar-refractivity contribution in [1.29, 1.82) is 5.26 Å². The van der Waals surface area contributed by atoms with E-state index in [1.807, 2.05) is 0 Å². The number of ether oxygens (including phenoxy) is 4. The van der Waals surface area contributed by atoms with E-state index >= 15 is 0 Å². The highest BCUT2D eigenvalue weighted by atomic mass is 35.5. The maximum Gasteiger partial charge on any atom is 0.239 e. The Hall–Kier alpha value is -6.02. The summed E-state index contributed by atoms with van der Waals surface area (Å²) in [6.45, 7) is 19.4. The molecule has 4 aromatic carbocycles. The lowest BCUT2D eigenvalue weighted by Gasteiger charge is -2.25. The summed E-state index contributed by atoms with van der Waals surface area (Å²) in [6, 6.07) is 29.1. The molecule has 0 unspecified atom stereocenters. The second kappa shape index (κ2) is 49.3. The average molecular weight is 1660 g/mol. The molecular weight excluding hydrogens is 1570 g/mol. The van der Waals surface area contributed by atoms with Crippen molar-refractivity contribution in [2.24, 2.45) is 0 Å². The van der Waals surface area contributed by atoms with Gasteiger partial charge >= 0.3 is 0 Å². The number of likely N-dealkylation sites (tertiary alicyclic amines) is 1. The molecular formula is C78H90Cl7N7O12S3. The highest BCUT2D eigenvalue weighted by Gasteiger charge is 2.31. The van der Waals surface area contributed by atoms with Gasteiger partial charge in [-0.15, -0.1) is 57.2 Å². The van der Waals surface area contributed by atoms with Crippen LogP contribution in [-0.4, -0.2) is 153 Å². The Morgan fingerprint density at radius 1 is 0.533 bits per heavy atom. The molecule has 0 bridgehead atoms. The molecule has 0 aliphatic carbocycles. The van der Waals surface area contributed by atoms with E-state index in [9.17, 15) is 38.4 Å². The van der Waals surface area contributed by atoms with Gasteiger partial charge in [0.15, 0.2) is 23.1 Å². The van der Waals surface area contributed by atoms with Crippen molar-refractivity contribution in [3.05, 3.63) is 187 Å². The zero-order valence-electron chi connectivity index (χ0n) is 60.1. The summed E-state index contributed by atoms with van der Waals surface area (Å²) in [7, 11) is 0. The smallest absolute Gasteiger partial charge is 0.239 e. The van der Waals surface area contributed by atoms with Crippen molar-refractivity contribution in [1.82, 2.24) is 15.1 Å². The lowest BCUT2D eigenvalue weighted by Crippen LogP contribution is -2.36. The molecule has 9 heterocycles. The first-order valence-electron chi connectivity index (χ1n) is 35.3. The number of nitrogens with two attached hydrogens (primary N) is 1. The van der Waals surface area contributed by atoms with Gasteiger partial charge in [0, 0.05) is 69.8 Å². The number of alkyl halides is 2. The van der Waals surface area contributed by atoms with Gasteiger partial charge in [-0.05, 0) is 168 Å². The third-order valence-electron chi connectivity index (χ3n) is 17.0. The standard InChI is InChI=1S/C21H23ClN2O3S.C16H13Cl2NO3S.C14H12ClNO2S.C9H6ClNO.C6H15N.C5H11N.C5H8O2.C2H2Cl2O/c22-15-6-4-5-14(11-15)20(26)19-16-7-10-27-13-17(16)28-21(19)23-18(25)12-24-8-2-1-3-9-24;17-7-13(20)19-16-14(11-4-5-22-8-12(11)23-16)15(21)9-2-1-3-10(18)6-9;15-9-3-1-2-8(6-9)13(17)12-10-4-5-18-7-11(10)19-14(12)16;10-8-3-1-2-7(6-8)9(12)4-5-11;1-4-7(5-2)6-3;1-2-4-6-5-3-1;6-5-1-3-7-4-2-5;3-1-2(4)5/h4-6,11H,1-3,7-10,12-13H2,(H,23,25);1-3,6H,4-5,7-8H2,(H,19,20);1-3,6H,4-5,7,16H2;1-3,6H,4H2;4-6H2,1-3H3;6H,1-5H2;1-4H2;1H2. The van der Waals surface area contributed by atoms with E-state index in [0.29, 0.717) is 165 Å². The summed E-state index contributed by atoms with van der Waals surface area (Å²) in [6.07, 6.45) is 10.9. The van der Waals surface area contributed by atoms with Gasteiger partial charge in [-0.2, -0.15) is 5.26 Å². The Bertz CT molecular complexity index is 4110. The van der Waals surface area contributed by atoms with Crippen LogP contribution in [0.1, 0.15) is 168 Å². The van der Waals surface area contributed by atoms with Crippen LogP contribution < -0.4 is 21.7 Å². The van der Waals surface area contributed by atoms with Gasteiger partial charge in [0.05, 0.1) is 99.5 Å². The molecule has 5 N–H and O–H groups in total. The highest BCUT2D eigenvalue weighted by Crippen LogP contribution is 2.41. The number of hydrogen-bond donors (Lipinski definition) is 4. The summed E-state index contributed by atoms with van der Waals surface area (Å²) in [5.74, 6) is -0.837. The van der Waals surface area contributed by atoms with Crippen LogP contribution >= 0.6 is 115 Å². The molecule has 6 aliphatic heterocycles. The number of ketones is 5. The molecule has 2 amide bonds. The van der Waals surface area contributed by atoms with Crippen LogP contribution in [0.4, 0.5) is 15.0 Å². The minimum atomic E-state index is -0.508. The number of nitriles is 1. The predicted octanol–water partition coefficient (Wildman–Crippen LogP) is 17.2. The number of amides is 2. The maximum atomic E-state index is 13.3. The first kappa shape index (κ1) is 89.9. The second-order valence-corrected chi connectivity index (χ2v) is 30.5. The molecule has 576 valence electrons. The quantitative estimate of drug-likeness (QED) is 0.0375. The molecule has 29 heteroatoms. The van der Waals surface area contributed by atoms with Crippen LogP contribution in [0.3, 0.4) is 0 Å². The van der Waals surface area contributed by atoms with Gasteiger partial charge in [0.1, 0.15) is 21.7 Å². The SMILES string of the molecule is C1CCNCC1.CCN(CC)CC.N#CCC(=O)c1cccc(Cl)c1.Nc1sc2c(c1C(=O)c1cccc(Cl)c1)CCOC2.O=C(CCl)Nc1sc2c(c1C(=O)c1cccc(Cl)c1)CCOC2.O=C(CN1CCCCC1)Nc1sc2c(c1C(=O)c1cccc(Cl)c1)CCOC2.O=C(Cl)CCl.O=C1CCOCC1. The Kier molecular flexibility index (Phi) is 41.4. The number of nitrogen functional groups attached to an aromatic ring is 1. The molecule has 7 aromatic rings. The zero-order valence-corrected chi connectivity index (χ0v) is 67.9. The zero-order chi connectivity index (χ0) is 77.6. The monoisotopic (exact) mass is 1660 g/mol. The van der Waals surface area contributed by atoms with Crippen molar-refractivity contribution in [2.75, 3.05) is 114 Å². The minimum absolute atomic E-state index is 0.0561. The van der Waals surface area contributed by atoms with E-state index < -0.39 is 5.24 Å². The number of halogens is 7. The third-order valence-corrected chi connectivity index (χ3v) is 21.9. The largest absolute Gasteiger partial charge is 0.390 e. The number of nitrogens with one attached hydrogen (secondary N) is 3. The molecule has 13 rings (SSSR count). The molecule has 0 radical (unpaired) electrons. The van der Waals surface area contributed by atoms with E-state index in [0.717, 1.165) is 63.7 Å². The molecule has 107 heavy (non-hydrogen) atoms. The normalized spacial score (nSPS) is 14.8. The second-order valence-electron chi connectivity index (χ2n) is 24.5. The first-order valence-corrected chi connectivity index (χ1v) is 40.7. The van der Waals surface area contributed by atoms with Gasteiger partial charge in [-0.1, -0.05) is 129 Å². The summed E-state index contributed by atoms with van der Waals surface area (Å²) >= 11 is 43.0. The number of hydrogen-bond acceptors (Lipinski definition) is 20. The van der Waals surface area contributed by atoms with Crippen molar-refractivity contribution in [2.45, 2.75) is 118 Å². The van der Waals surface area contributed by atoms with E-state index in [1.54, 1.807) is 103 Å². The number of fused-ring (bicyclic) bond motifs is 3. The van der Waals surface area contributed by atoms with Crippen LogP contribution in [0.2, 0.25) is 20.1 Å². The van der Waals surface area contributed by atoms with E-state index in [1.165, 1.54) is 92.4 Å². The minimum Gasteiger partial charge on any atom is -0.390 e. The number of nitrogens with zero attached hydrogens (tertiary/aromatic N) is 3. The Morgan fingerprint density at radius 2 is 0.916 bits per heavy atom. The Morgan fingerprint density at radius 3 is 1.27 bits per heavy atom. The number of anilines is 3. The highest BCUT2D eigenvalue weighted by molar-refractivity contribution is 7.17. The molecule has 3 aromatic heterocycles. The van der Waals surface area contributed by atoms with Crippen LogP contribution in [0, 0.1) is 11.3 Å². The third kappa shape index (κ3) is 30.3. The molecule has 0 atom stereocenters. The van der Waals surface area contributed by atoms with Gasteiger partial charge in [0.25, 0.3) is 0 Å².